The topological polar surface area (TPSA) is 47.3 Å². The Hall–Kier alpha value is -1.52. The van der Waals surface area contributed by atoms with Gasteiger partial charge in [0.2, 0.25) is 0 Å². The van der Waals surface area contributed by atoms with Crippen LogP contribution in [0.1, 0.15) is 30.8 Å². The molecule has 1 atom stereocenters. The van der Waals surface area contributed by atoms with Crippen LogP contribution in [0, 0.1) is 0 Å². The molecule has 1 aromatic heterocycles. The van der Waals surface area contributed by atoms with E-state index in [9.17, 15) is 5.11 Å². The fourth-order valence-electron chi connectivity index (χ4n) is 1.81. The smallest absolute Gasteiger partial charge is 0.147 e. The standard InChI is InChI=1S/C14H17ClN2O2/c1-3-11(18)10-6-4-5-7-12(10)19-9-14-16-8-13(15)17(14)2/h4-8,11,18H,3,9H2,1-2H3/t11-/m0/s1. The van der Waals surface area contributed by atoms with Gasteiger partial charge in [-0.05, 0) is 12.5 Å². The van der Waals surface area contributed by atoms with E-state index in [0.717, 1.165) is 11.4 Å². The highest BCUT2D eigenvalue weighted by molar-refractivity contribution is 6.29. The second-order valence-electron chi connectivity index (χ2n) is 4.31. The molecular formula is C14H17ClN2O2. The van der Waals surface area contributed by atoms with Crippen LogP contribution in [-0.4, -0.2) is 14.7 Å². The molecule has 0 spiro atoms. The molecule has 19 heavy (non-hydrogen) atoms. The highest BCUT2D eigenvalue weighted by Gasteiger charge is 2.12. The van der Waals surface area contributed by atoms with Crippen LogP contribution in [0.2, 0.25) is 5.15 Å². The lowest BCUT2D eigenvalue weighted by Crippen LogP contribution is -2.06. The molecule has 0 amide bonds. The lowest BCUT2D eigenvalue weighted by Gasteiger charge is -2.14. The first-order chi connectivity index (χ1) is 9.13. The van der Waals surface area contributed by atoms with Crippen molar-refractivity contribution in [2.24, 2.45) is 7.05 Å². The number of rotatable bonds is 5. The molecule has 1 aromatic carbocycles. The second kappa shape index (κ2) is 6.08. The highest BCUT2D eigenvalue weighted by atomic mass is 35.5. The monoisotopic (exact) mass is 280 g/mol. The van der Waals surface area contributed by atoms with Crippen molar-refractivity contribution < 1.29 is 9.84 Å². The maximum atomic E-state index is 9.94. The summed E-state index contributed by atoms with van der Waals surface area (Å²) in [6.07, 6.45) is 1.72. The van der Waals surface area contributed by atoms with Gasteiger partial charge in [-0.1, -0.05) is 36.7 Å². The lowest BCUT2D eigenvalue weighted by atomic mass is 10.1. The first-order valence-electron chi connectivity index (χ1n) is 6.19. The third-order valence-corrected chi connectivity index (χ3v) is 3.40. The van der Waals surface area contributed by atoms with Crippen LogP contribution in [0.3, 0.4) is 0 Å². The summed E-state index contributed by atoms with van der Waals surface area (Å²) >= 11 is 5.92. The second-order valence-corrected chi connectivity index (χ2v) is 4.69. The lowest BCUT2D eigenvalue weighted by molar-refractivity contribution is 0.166. The number of benzene rings is 1. The van der Waals surface area contributed by atoms with Gasteiger partial charge >= 0.3 is 0 Å². The number of aliphatic hydroxyl groups excluding tert-OH is 1. The summed E-state index contributed by atoms with van der Waals surface area (Å²) in [5.41, 5.74) is 0.797. The van der Waals surface area contributed by atoms with E-state index in [1.54, 1.807) is 10.8 Å². The summed E-state index contributed by atoms with van der Waals surface area (Å²) in [7, 11) is 1.83. The van der Waals surface area contributed by atoms with Crippen molar-refractivity contribution in [3.8, 4) is 5.75 Å². The van der Waals surface area contributed by atoms with Gasteiger partial charge in [0.15, 0.2) is 0 Å². The predicted octanol–water partition coefficient (Wildman–Crippen LogP) is 3.10. The van der Waals surface area contributed by atoms with Crippen molar-refractivity contribution in [1.29, 1.82) is 0 Å². The molecule has 0 aliphatic heterocycles. The SMILES string of the molecule is CC[C@H](O)c1ccccc1OCc1ncc(Cl)n1C. The Bertz CT molecular complexity index is 554. The molecule has 0 fully saturated rings. The number of halogens is 1. The molecule has 102 valence electrons. The first-order valence-corrected chi connectivity index (χ1v) is 6.57. The van der Waals surface area contributed by atoms with E-state index in [1.807, 2.05) is 38.2 Å². The molecule has 0 saturated heterocycles. The Kier molecular flexibility index (Phi) is 4.45. The Morgan fingerprint density at radius 2 is 2.16 bits per heavy atom. The predicted molar refractivity (Wildman–Crippen MR) is 74.2 cm³/mol. The van der Waals surface area contributed by atoms with Crippen molar-refractivity contribution in [2.45, 2.75) is 26.1 Å². The highest BCUT2D eigenvalue weighted by Crippen LogP contribution is 2.27. The summed E-state index contributed by atoms with van der Waals surface area (Å²) in [4.78, 5) is 4.17. The van der Waals surface area contributed by atoms with Crippen LogP contribution in [0.5, 0.6) is 5.75 Å². The number of hydrogen-bond donors (Lipinski definition) is 1. The Labute approximate surface area is 117 Å². The fraction of sp³-hybridized carbons (Fsp3) is 0.357. The van der Waals surface area contributed by atoms with Crippen LogP contribution in [0.4, 0.5) is 0 Å². The molecule has 0 saturated carbocycles. The van der Waals surface area contributed by atoms with Crippen LogP contribution >= 0.6 is 11.6 Å². The summed E-state index contributed by atoms with van der Waals surface area (Å²) in [6, 6.07) is 7.49. The molecule has 4 nitrogen and oxygen atoms in total. The molecule has 1 N–H and O–H groups in total. The van der Waals surface area contributed by atoms with E-state index in [1.165, 1.54) is 0 Å². The van der Waals surface area contributed by atoms with E-state index in [2.05, 4.69) is 4.98 Å². The van der Waals surface area contributed by atoms with E-state index in [4.69, 9.17) is 16.3 Å². The quantitative estimate of drug-likeness (QED) is 0.915. The maximum Gasteiger partial charge on any atom is 0.147 e. The summed E-state index contributed by atoms with van der Waals surface area (Å²) < 4.78 is 7.50. The van der Waals surface area contributed by atoms with Gasteiger partial charge in [0.05, 0.1) is 12.3 Å². The van der Waals surface area contributed by atoms with E-state index < -0.39 is 6.10 Å². The normalized spacial score (nSPS) is 12.4. The van der Waals surface area contributed by atoms with E-state index >= 15 is 0 Å². The molecule has 2 rings (SSSR count). The number of aliphatic hydroxyl groups is 1. The van der Waals surface area contributed by atoms with Gasteiger partial charge in [0.25, 0.3) is 0 Å². The molecule has 1 heterocycles. The zero-order valence-corrected chi connectivity index (χ0v) is 11.8. The van der Waals surface area contributed by atoms with Crippen molar-refractivity contribution in [3.63, 3.8) is 0 Å². The van der Waals surface area contributed by atoms with Gasteiger partial charge in [0.1, 0.15) is 23.3 Å². The van der Waals surface area contributed by atoms with E-state index in [-0.39, 0.29) is 0 Å². The van der Waals surface area contributed by atoms with Gasteiger partial charge in [-0.2, -0.15) is 0 Å². The number of ether oxygens (including phenoxy) is 1. The molecule has 0 radical (unpaired) electrons. The molecule has 0 aliphatic rings. The molecule has 0 unspecified atom stereocenters. The van der Waals surface area contributed by atoms with Crippen molar-refractivity contribution in [1.82, 2.24) is 9.55 Å². The van der Waals surface area contributed by atoms with Gasteiger partial charge in [-0.25, -0.2) is 4.98 Å². The van der Waals surface area contributed by atoms with Crippen LogP contribution in [0.15, 0.2) is 30.5 Å². The fourth-order valence-corrected chi connectivity index (χ4v) is 1.95. The minimum absolute atomic E-state index is 0.316. The minimum atomic E-state index is -0.513. The molecule has 5 heteroatoms. The first kappa shape index (κ1) is 13.9. The van der Waals surface area contributed by atoms with Gasteiger partial charge in [0, 0.05) is 12.6 Å². The molecule has 2 aromatic rings. The van der Waals surface area contributed by atoms with Crippen molar-refractivity contribution in [2.75, 3.05) is 0 Å². The Morgan fingerprint density at radius 3 is 2.79 bits per heavy atom. The maximum absolute atomic E-state index is 9.94. The van der Waals surface area contributed by atoms with Gasteiger partial charge in [-0.3, -0.25) is 0 Å². The van der Waals surface area contributed by atoms with Crippen molar-refractivity contribution in [3.05, 3.63) is 47.0 Å². The molecule has 0 bridgehead atoms. The number of para-hydroxylation sites is 1. The van der Waals surface area contributed by atoms with Crippen LogP contribution in [-0.2, 0) is 13.7 Å². The third kappa shape index (κ3) is 3.08. The summed E-state index contributed by atoms with van der Waals surface area (Å²) in [6.45, 7) is 2.25. The largest absolute Gasteiger partial charge is 0.485 e. The van der Waals surface area contributed by atoms with Crippen molar-refractivity contribution >= 4 is 11.6 Å². The zero-order chi connectivity index (χ0) is 13.8. The average molecular weight is 281 g/mol. The molecular weight excluding hydrogens is 264 g/mol. The third-order valence-electron chi connectivity index (χ3n) is 3.05. The number of imidazole rings is 1. The van der Waals surface area contributed by atoms with Gasteiger partial charge < -0.3 is 14.4 Å². The zero-order valence-electron chi connectivity index (χ0n) is 11.0. The number of nitrogens with zero attached hydrogens (tertiary/aromatic N) is 2. The van der Waals surface area contributed by atoms with Crippen LogP contribution < -0.4 is 4.74 Å². The number of hydrogen-bond acceptors (Lipinski definition) is 3. The average Bonchev–Trinajstić information content (AvgIpc) is 2.76. The van der Waals surface area contributed by atoms with Gasteiger partial charge in [-0.15, -0.1) is 0 Å². The Morgan fingerprint density at radius 1 is 1.42 bits per heavy atom. The summed E-state index contributed by atoms with van der Waals surface area (Å²) in [5, 5.41) is 10.5. The van der Waals surface area contributed by atoms with E-state index in [0.29, 0.717) is 23.9 Å². The molecule has 0 aliphatic carbocycles. The Balaban J connectivity index is 2.13. The van der Waals surface area contributed by atoms with Crippen LogP contribution in [0.25, 0.3) is 0 Å². The minimum Gasteiger partial charge on any atom is -0.485 e. The summed E-state index contributed by atoms with van der Waals surface area (Å²) in [5.74, 6) is 1.42. The number of aromatic nitrogens is 2.